The van der Waals surface area contributed by atoms with Crippen molar-refractivity contribution >= 4 is 5.97 Å². The molecule has 4 nitrogen and oxygen atoms in total. The molecule has 24 heavy (non-hydrogen) atoms. The van der Waals surface area contributed by atoms with Crippen LogP contribution in [-0.2, 0) is 0 Å². The summed E-state index contributed by atoms with van der Waals surface area (Å²) in [5, 5.41) is 13.7. The van der Waals surface area contributed by atoms with Gasteiger partial charge in [0.2, 0.25) is 0 Å². The molecule has 0 atom stereocenters. The van der Waals surface area contributed by atoms with Crippen LogP contribution in [0.4, 0.5) is 0 Å². The number of carbonyl (C=O) groups is 1. The second kappa shape index (κ2) is 5.96. The Kier molecular flexibility index (Phi) is 3.97. The molecule has 122 valence electrons. The first-order chi connectivity index (χ1) is 11.3. The summed E-state index contributed by atoms with van der Waals surface area (Å²) in [4.78, 5) is 11.4. The van der Waals surface area contributed by atoms with Crippen molar-refractivity contribution in [3.63, 3.8) is 0 Å². The molecule has 0 spiro atoms. The molecule has 0 saturated carbocycles. The lowest BCUT2D eigenvalue weighted by Gasteiger charge is -2.12. The maximum atomic E-state index is 11.4. The molecule has 4 heteroatoms. The van der Waals surface area contributed by atoms with E-state index in [2.05, 4.69) is 23.3 Å². The smallest absolute Gasteiger partial charge is 0.356 e. The van der Waals surface area contributed by atoms with Crippen molar-refractivity contribution < 1.29 is 9.90 Å². The van der Waals surface area contributed by atoms with Gasteiger partial charge in [-0.15, -0.1) is 0 Å². The van der Waals surface area contributed by atoms with E-state index in [0.29, 0.717) is 0 Å². The van der Waals surface area contributed by atoms with E-state index in [1.807, 2.05) is 45.9 Å². The Morgan fingerprint density at radius 2 is 1.58 bits per heavy atom. The minimum absolute atomic E-state index is 0.0464. The number of nitrogens with zero attached hydrogens (tertiary/aromatic N) is 2. The summed E-state index contributed by atoms with van der Waals surface area (Å²) in [6.45, 7) is 8.10. The van der Waals surface area contributed by atoms with Gasteiger partial charge < -0.3 is 5.11 Å². The number of aromatic nitrogens is 2. The molecule has 0 fully saturated rings. The molecule has 1 aromatic heterocycles. The van der Waals surface area contributed by atoms with Crippen molar-refractivity contribution in [3.05, 3.63) is 70.4 Å². The summed E-state index contributed by atoms with van der Waals surface area (Å²) in [6.07, 6.45) is 0. The molecule has 0 radical (unpaired) electrons. The number of rotatable bonds is 3. The van der Waals surface area contributed by atoms with Crippen LogP contribution < -0.4 is 0 Å². The highest BCUT2D eigenvalue weighted by molar-refractivity contribution is 5.87. The summed E-state index contributed by atoms with van der Waals surface area (Å²) in [6, 6.07) is 13.9. The summed E-state index contributed by atoms with van der Waals surface area (Å²) >= 11 is 0. The first kappa shape index (κ1) is 16.0. The highest BCUT2D eigenvalue weighted by Crippen LogP contribution is 2.28. The first-order valence-electron chi connectivity index (χ1n) is 7.85. The second-order valence-corrected chi connectivity index (χ2v) is 6.30. The van der Waals surface area contributed by atoms with Gasteiger partial charge in [-0.25, -0.2) is 9.48 Å². The van der Waals surface area contributed by atoms with Crippen LogP contribution in [0.5, 0.6) is 0 Å². The van der Waals surface area contributed by atoms with E-state index in [1.54, 1.807) is 10.7 Å². The Labute approximate surface area is 141 Å². The molecule has 1 heterocycles. The third-order valence-electron chi connectivity index (χ3n) is 4.05. The van der Waals surface area contributed by atoms with Crippen molar-refractivity contribution in [1.82, 2.24) is 9.78 Å². The number of carboxylic acids is 1. The zero-order valence-corrected chi connectivity index (χ0v) is 14.3. The molecule has 3 rings (SSSR count). The fraction of sp³-hybridized carbons (Fsp3) is 0.200. The van der Waals surface area contributed by atoms with Crippen LogP contribution in [0, 0.1) is 27.7 Å². The van der Waals surface area contributed by atoms with Gasteiger partial charge in [-0.3, -0.25) is 0 Å². The minimum Gasteiger partial charge on any atom is -0.476 e. The molecule has 0 bridgehead atoms. The molecule has 1 N–H and O–H groups in total. The van der Waals surface area contributed by atoms with E-state index in [-0.39, 0.29) is 5.69 Å². The fourth-order valence-electron chi connectivity index (χ4n) is 2.96. The maximum Gasteiger partial charge on any atom is 0.356 e. The Bertz CT molecular complexity index is 919. The van der Waals surface area contributed by atoms with Gasteiger partial charge in [-0.05, 0) is 68.7 Å². The van der Waals surface area contributed by atoms with Gasteiger partial charge in [-0.2, -0.15) is 5.10 Å². The van der Waals surface area contributed by atoms with Gasteiger partial charge in [0.15, 0.2) is 5.69 Å². The number of hydrogen-bond acceptors (Lipinski definition) is 2. The molecule has 0 saturated heterocycles. The Morgan fingerprint density at radius 3 is 2.21 bits per heavy atom. The van der Waals surface area contributed by atoms with Gasteiger partial charge in [0.05, 0.1) is 11.4 Å². The van der Waals surface area contributed by atoms with E-state index < -0.39 is 5.97 Å². The quantitative estimate of drug-likeness (QED) is 0.774. The van der Waals surface area contributed by atoms with Crippen LogP contribution in [-0.4, -0.2) is 20.9 Å². The minimum atomic E-state index is -1.02. The van der Waals surface area contributed by atoms with Crippen LogP contribution in [0.3, 0.4) is 0 Å². The van der Waals surface area contributed by atoms with Crippen molar-refractivity contribution in [2.24, 2.45) is 0 Å². The lowest BCUT2D eigenvalue weighted by molar-refractivity contribution is 0.0690. The second-order valence-electron chi connectivity index (χ2n) is 6.30. The molecular weight excluding hydrogens is 300 g/mol. The summed E-state index contributed by atoms with van der Waals surface area (Å²) in [5.74, 6) is -1.02. The average Bonchev–Trinajstić information content (AvgIpc) is 2.94. The van der Waals surface area contributed by atoms with Crippen LogP contribution >= 0.6 is 0 Å². The lowest BCUT2D eigenvalue weighted by Crippen LogP contribution is -2.03. The summed E-state index contributed by atoms with van der Waals surface area (Å²) in [5.41, 5.74) is 7.14. The van der Waals surface area contributed by atoms with E-state index in [1.165, 1.54) is 0 Å². The highest BCUT2D eigenvalue weighted by Gasteiger charge is 2.17. The van der Waals surface area contributed by atoms with Crippen LogP contribution in [0.25, 0.3) is 16.9 Å². The zero-order chi connectivity index (χ0) is 17.4. The molecule has 0 aliphatic carbocycles. The summed E-state index contributed by atoms with van der Waals surface area (Å²) in [7, 11) is 0. The van der Waals surface area contributed by atoms with Crippen molar-refractivity contribution in [2.75, 3.05) is 0 Å². The predicted molar refractivity (Wildman–Crippen MR) is 94.9 cm³/mol. The zero-order valence-electron chi connectivity index (χ0n) is 14.3. The van der Waals surface area contributed by atoms with Gasteiger partial charge in [0, 0.05) is 5.56 Å². The average molecular weight is 320 g/mol. The third kappa shape index (κ3) is 2.95. The van der Waals surface area contributed by atoms with E-state index in [0.717, 1.165) is 39.2 Å². The van der Waals surface area contributed by atoms with Gasteiger partial charge >= 0.3 is 5.97 Å². The van der Waals surface area contributed by atoms with Crippen molar-refractivity contribution in [1.29, 1.82) is 0 Å². The van der Waals surface area contributed by atoms with Crippen LogP contribution in [0.15, 0.2) is 42.5 Å². The monoisotopic (exact) mass is 320 g/mol. The third-order valence-corrected chi connectivity index (χ3v) is 4.05. The van der Waals surface area contributed by atoms with Gasteiger partial charge in [-0.1, -0.05) is 23.8 Å². The number of aromatic carboxylic acids is 1. The lowest BCUT2D eigenvalue weighted by atomic mass is 10.0. The number of hydrogen-bond donors (Lipinski definition) is 1. The van der Waals surface area contributed by atoms with Crippen LogP contribution in [0.1, 0.15) is 32.7 Å². The molecule has 2 aromatic carbocycles. The van der Waals surface area contributed by atoms with Gasteiger partial charge in [0.25, 0.3) is 0 Å². The number of benzene rings is 2. The SMILES string of the molecule is Cc1cc(C)cc(-n2nc(C(=O)O)cc2-c2cc(C)ccc2C)c1. The van der Waals surface area contributed by atoms with E-state index in [4.69, 9.17) is 0 Å². The topological polar surface area (TPSA) is 55.1 Å². The Morgan fingerprint density at radius 1 is 0.917 bits per heavy atom. The molecule has 0 unspecified atom stereocenters. The summed E-state index contributed by atoms with van der Waals surface area (Å²) < 4.78 is 1.73. The highest BCUT2D eigenvalue weighted by atomic mass is 16.4. The molecule has 0 aliphatic rings. The maximum absolute atomic E-state index is 11.4. The molecule has 0 aliphatic heterocycles. The van der Waals surface area contributed by atoms with Crippen molar-refractivity contribution in [2.45, 2.75) is 27.7 Å². The molecule has 0 amide bonds. The molecular formula is C20H20N2O2. The fourth-order valence-corrected chi connectivity index (χ4v) is 2.96. The Hall–Kier alpha value is -2.88. The van der Waals surface area contributed by atoms with Crippen molar-refractivity contribution in [3.8, 4) is 16.9 Å². The normalized spacial score (nSPS) is 10.8. The largest absolute Gasteiger partial charge is 0.476 e. The molecule has 3 aromatic rings. The predicted octanol–water partition coefficient (Wildman–Crippen LogP) is 4.47. The first-order valence-corrected chi connectivity index (χ1v) is 7.85. The van der Waals surface area contributed by atoms with E-state index >= 15 is 0 Å². The van der Waals surface area contributed by atoms with Gasteiger partial charge in [0.1, 0.15) is 0 Å². The number of carboxylic acid groups (broad SMARTS) is 1. The number of aryl methyl sites for hydroxylation is 4. The Balaban J connectivity index is 2.29. The van der Waals surface area contributed by atoms with Crippen LogP contribution in [0.2, 0.25) is 0 Å². The standard InChI is InChI=1S/C20H20N2O2/c1-12-5-6-15(4)17(10-12)19-11-18(20(23)24)21-22(19)16-8-13(2)7-14(3)9-16/h5-11H,1-4H3,(H,23,24). The van der Waals surface area contributed by atoms with E-state index in [9.17, 15) is 9.90 Å².